The minimum atomic E-state index is -0.371. The molecule has 7 nitrogen and oxygen atoms in total. The van der Waals surface area contributed by atoms with Crippen molar-refractivity contribution >= 4 is 51.4 Å². The first-order valence-corrected chi connectivity index (χ1v) is 9.62. The summed E-state index contributed by atoms with van der Waals surface area (Å²) in [6.45, 7) is 1.83. The van der Waals surface area contributed by atoms with Crippen molar-refractivity contribution in [1.29, 1.82) is 5.26 Å². The fraction of sp³-hybridized carbons (Fsp3) is 0.235. The largest absolute Gasteiger partial charge is 0.297 e. The van der Waals surface area contributed by atoms with E-state index in [1.165, 1.54) is 28.1 Å². The third-order valence-corrected chi connectivity index (χ3v) is 5.84. The maximum atomic E-state index is 12.5. The molecule has 26 heavy (non-hydrogen) atoms. The number of aryl methyl sites for hydroxylation is 1. The summed E-state index contributed by atoms with van der Waals surface area (Å²) in [5.74, 6) is -0.186. The van der Waals surface area contributed by atoms with Gasteiger partial charge in [0, 0.05) is 12.8 Å². The van der Waals surface area contributed by atoms with Gasteiger partial charge < -0.3 is 0 Å². The van der Waals surface area contributed by atoms with Crippen LogP contribution in [0.15, 0.2) is 39.6 Å². The van der Waals surface area contributed by atoms with Crippen LogP contribution in [0.4, 0.5) is 10.8 Å². The first-order chi connectivity index (χ1) is 12.6. The second-order valence-corrected chi connectivity index (χ2v) is 7.62. The van der Waals surface area contributed by atoms with Gasteiger partial charge in [-0.3, -0.25) is 14.9 Å². The fourth-order valence-corrected chi connectivity index (χ4v) is 4.12. The van der Waals surface area contributed by atoms with Crippen molar-refractivity contribution in [3.05, 3.63) is 36.0 Å². The number of benzene rings is 1. The van der Waals surface area contributed by atoms with Gasteiger partial charge in [0.1, 0.15) is 5.71 Å². The standard InChI is InChI=1S/C17H15N5O2S2/c1-11-16(25-10-9-18)26-17(19-11)20-15(24)13-7-8-14(23)22(21-13)12-5-3-2-4-6-12/h2-6H,7-8,10H2,1H3,(H,19,20,24). The van der Waals surface area contributed by atoms with Crippen LogP contribution in [0.3, 0.4) is 0 Å². The van der Waals surface area contributed by atoms with Crippen LogP contribution in [0.1, 0.15) is 18.5 Å². The van der Waals surface area contributed by atoms with Gasteiger partial charge >= 0.3 is 0 Å². The molecule has 132 valence electrons. The lowest BCUT2D eigenvalue weighted by Gasteiger charge is -2.22. The summed E-state index contributed by atoms with van der Waals surface area (Å²) < 4.78 is 0.897. The molecule has 3 rings (SSSR count). The number of nitrogens with one attached hydrogen (secondary N) is 1. The average Bonchev–Trinajstić information content (AvgIpc) is 3.00. The van der Waals surface area contributed by atoms with Gasteiger partial charge in [-0.2, -0.15) is 10.4 Å². The van der Waals surface area contributed by atoms with Crippen molar-refractivity contribution in [2.45, 2.75) is 24.0 Å². The first kappa shape index (κ1) is 18.1. The third kappa shape index (κ3) is 4.09. The summed E-state index contributed by atoms with van der Waals surface area (Å²) in [4.78, 5) is 28.9. The predicted octanol–water partition coefficient (Wildman–Crippen LogP) is 3.19. The van der Waals surface area contributed by atoms with E-state index < -0.39 is 0 Å². The number of amides is 2. The number of anilines is 2. The number of hydrogen-bond acceptors (Lipinski definition) is 7. The highest BCUT2D eigenvalue weighted by Crippen LogP contribution is 2.32. The second kappa shape index (κ2) is 8.12. The molecule has 2 aromatic rings. The highest BCUT2D eigenvalue weighted by Gasteiger charge is 2.26. The van der Waals surface area contributed by atoms with E-state index in [1.807, 2.05) is 25.1 Å². The van der Waals surface area contributed by atoms with Crippen molar-refractivity contribution in [1.82, 2.24) is 4.98 Å². The number of para-hydroxylation sites is 1. The molecule has 1 aromatic carbocycles. The van der Waals surface area contributed by atoms with Crippen molar-refractivity contribution in [3.8, 4) is 6.07 Å². The number of nitrogens with zero attached hydrogens (tertiary/aromatic N) is 4. The van der Waals surface area contributed by atoms with Gasteiger partial charge in [0.15, 0.2) is 5.13 Å². The van der Waals surface area contributed by atoms with Gasteiger partial charge in [-0.05, 0) is 19.1 Å². The molecule has 0 spiro atoms. The van der Waals surface area contributed by atoms with E-state index in [0.29, 0.717) is 16.6 Å². The summed E-state index contributed by atoms with van der Waals surface area (Å²) in [7, 11) is 0. The molecule has 0 bridgehead atoms. The summed E-state index contributed by atoms with van der Waals surface area (Å²) >= 11 is 2.71. The van der Waals surface area contributed by atoms with E-state index in [2.05, 4.69) is 21.5 Å². The minimum absolute atomic E-state index is 0.145. The van der Waals surface area contributed by atoms with Gasteiger partial charge in [-0.25, -0.2) is 9.99 Å². The Hall–Kier alpha value is -2.70. The Bertz CT molecular complexity index is 902. The van der Waals surface area contributed by atoms with E-state index >= 15 is 0 Å². The van der Waals surface area contributed by atoms with Crippen LogP contribution in [0, 0.1) is 18.3 Å². The summed E-state index contributed by atoms with van der Waals surface area (Å²) in [5, 5.41) is 17.4. The monoisotopic (exact) mass is 385 g/mol. The van der Waals surface area contributed by atoms with E-state index in [4.69, 9.17) is 5.26 Å². The van der Waals surface area contributed by atoms with Gasteiger partial charge in [0.25, 0.3) is 5.91 Å². The maximum absolute atomic E-state index is 12.5. The molecule has 0 saturated heterocycles. The molecule has 0 atom stereocenters. The average molecular weight is 385 g/mol. The highest BCUT2D eigenvalue weighted by molar-refractivity contribution is 8.01. The number of rotatable bonds is 5. The molecular formula is C17H15N5O2S2. The Morgan fingerprint density at radius 1 is 1.38 bits per heavy atom. The Balaban J connectivity index is 1.75. The summed E-state index contributed by atoms with van der Waals surface area (Å²) in [6, 6.07) is 11.1. The van der Waals surface area contributed by atoms with Crippen molar-refractivity contribution in [3.63, 3.8) is 0 Å². The topological polar surface area (TPSA) is 98.4 Å². The Kier molecular flexibility index (Phi) is 5.65. The van der Waals surface area contributed by atoms with E-state index in [0.717, 1.165) is 9.90 Å². The van der Waals surface area contributed by atoms with E-state index in [9.17, 15) is 9.59 Å². The van der Waals surface area contributed by atoms with Crippen LogP contribution < -0.4 is 10.3 Å². The number of thiazole rings is 1. The Labute approximate surface area is 158 Å². The number of hydrogen-bond donors (Lipinski definition) is 1. The molecule has 0 unspecified atom stereocenters. The van der Waals surface area contributed by atoms with E-state index in [-0.39, 0.29) is 30.4 Å². The molecule has 1 aliphatic heterocycles. The van der Waals surface area contributed by atoms with Crippen LogP contribution in [-0.2, 0) is 9.59 Å². The van der Waals surface area contributed by atoms with Crippen LogP contribution in [0.5, 0.6) is 0 Å². The van der Waals surface area contributed by atoms with Crippen LogP contribution >= 0.6 is 23.1 Å². The molecule has 2 heterocycles. The Morgan fingerprint density at radius 3 is 2.88 bits per heavy atom. The molecular weight excluding hydrogens is 370 g/mol. The number of hydrazone groups is 1. The minimum Gasteiger partial charge on any atom is -0.297 e. The third-order valence-electron chi connectivity index (χ3n) is 3.54. The van der Waals surface area contributed by atoms with Gasteiger partial charge in [-0.15, -0.1) is 0 Å². The van der Waals surface area contributed by atoms with Crippen molar-refractivity contribution in [2.24, 2.45) is 5.10 Å². The quantitative estimate of drug-likeness (QED) is 0.797. The van der Waals surface area contributed by atoms with Gasteiger partial charge in [0.05, 0.1) is 27.4 Å². The van der Waals surface area contributed by atoms with Crippen molar-refractivity contribution < 1.29 is 9.59 Å². The molecule has 2 amide bonds. The lowest BCUT2D eigenvalue weighted by molar-refractivity contribution is -0.118. The highest BCUT2D eigenvalue weighted by atomic mass is 32.2. The molecule has 1 N–H and O–H groups in total. The molecule has 0 radical (unpaired) electrons. The fourth-order valence-electron chi connectivity index (χ4n) is 2.32. The normalized spacial score (nSPS) is 13.9. The molecule has 1 aromatic heterocycles. The number of carbonyl (C=O) groups is 2. The van der Waals surface area contributed by atoms with Crippen LogP contribution in [0.2, 0.25) is 0 Å². The SMILES string of the molecule is Cc1nc(NC(=O)C2=NN(c3ccccc3)C(=O)CC2)sc1SCC#N. The lowest BCUT2D eigenvalue weighted by Crippen LogP contribution is -2.36. The number of thioether (sulfide) groups is 1. The lowest BCUT2D eigenvalue weighted by atomic mass is 10.1. The predicted molar refractivity (Wildman–Crippen MR) is 102 cm³/mol. The molecule has 0 fully saturated rings. The molecule has 0 aliphatic carbocycles. The molecule has 1 aliphatic rings. The summed E-state index contributed by atoms with van der Waals surface area (Å²) in [5.41, 5.74) is 1.69. The zero-order valence-corrected chi connectivity index (χ0v) is 15.6. The Morgan fingerprint density at radius 2 is 2.15 bits per heavy atom. The smallest absolute Gasteiger partial charge is 0.273 e. The zero-order chi connectivity index (χ0) is 18.5. The molecule has 0 saturated carbocycles. The van der Waals surface area contributed by atoms with Crippen LogP contribution in [0.25, 0.3) is 0 Å². The summed E-state index contributed by atoms with van der Waals surface area (Å²) in [6.07, 6.45) is 0.510. The first-order valence-electron chi connectivity index (χ1n) is 7.82. The van der Waals surface area contributed by atoms with Gasteiger partial charge in [-0.1, -0.05) is 41.3 Å². The number of aromatic nitrogens is 1. The number of carbonyl (C=O) groups excluding carboxylic acids is 2. The molecule has 9 heteroatoms. The zero-order valence-electron chi connectivity index (χ0n) is 13.9. The van der Waals surface area contributed by atoms with Crippen LogP contribution in [-0.4, -0.2) is 28.3 Å². The maximum Gasteiger partial charge on any atom is 0.273 e. The van der Waals surface area contributed by atoms with Crippen molar-refractivity contribution in [2.75, 3.05) is 16.1 Å². The van der Waals surface area contributed by atoms with Gasteiger partial charge in [0.2, 0.25) is 5.91 Å². The van der Waals surface area contributed by atoms with E-state index in [1.54, 1.807) is 12.1 Å². The second-order valence-electron chi connectivity index (χ2n) is 5.38. The number of nitriles is 1.